The predicted octanol–water partition coefficient (Wildman–Crippen LogP) is 1.07. The minimum Gasteiger partial charge on any atom is -0.493 e. The molecule has 0 amide bonds. The van der Waals surface area contributed by atoms with Crippen molar-refractivity contribution < 1.29 is 33.6 Å². The van der Waals surface area contributed by atoms with Crippen LogP contribution in [0.4, 0.5) is 0 Å². The Morgan fingerprint density at radius 2 is 1.78 bits per heavy atom. The number of allylic oxidation sites excluding steroid dienone is 2. The van der Waals surface area contributed by atoms with Gasteiger partial charge in [-0.2, -0.15) is 0 Å². The monoisotopic (exact) mass is 320 g/mol. The van der Waals surface area contributed by atoms with E-state index in [-0.39, 0.29) is 28.2 Å². The molecule has 1 aliphatic carbocycles. The van der Waals surface area contributed by atoms with Crippen molar-refractivity contribution in [1.82, 2.24) is 0 Å². The van der Waals surface area contributed by atoms with Gasteiger partial charge in [0.2, 0.25) is 5.75 Å². The standard InChI is InChI=1S/C16H16O7/c1-20-11-6-9-12(15(22-3)14(11)21-2)8(7-17)5-10(13(9)18)16(19)23-4/h5-6,13,18H,1-4H3. The summed E-state index contributed by atoms with van der Waals surface area (Å²) in [6.45, 7) is 0. The van der Waals surface area contributed by atoms with Gasteiger partial charge in [0, 0.05) is 11.1 Å². The summed E-state index contributed by atoms with van der Waals surface area (Å²) in [5.41, 5.74) is 0.525. The zero-order valence-electron chi connectivity index (χ0n) is 13.1. The van der Waals surface area contributed by atoms with Crippen LogP contribution < -0.4 is 14.2 Å². The number of methoxy groups -OCH3 is 4. The number of fused-ring (bicyclic) bond motifs is 1. The maximum Gasteiger partial charge on any atom is 0.336 e. The smallest absolute Gasteiger partial charge is 0.336 e. The number of carbonyl (C=O) groups is 1. The molecule has 0 spiro atoms. The molecule has 1 atom stereocenters. The highest BCUT2D eigenvalue weighted by Gasteiger charge is 2.34. The normalized spacial score (nSPS) is 16.0. The van der Waals surface area contributed by atoms with Crippen molar-refractivity contribution in [3.05, 3.63) is 28.8 Å². The van der Waals surface area contributed by atoms with Gasteiger partial charge in [-0.25, -0.2) is 9.59 Å². The molecule has 1 N–H and O–H groups in total. The van der Waals surface area contributed by atoms with Crippen LogP contribution in [-0.2, 0) is 14.3 Å². The van der Waals surface area contributed by atoms with E-state index < -0.39 is 12.1 Å². The van der Waals surface area contributed by atoms with E-state index >= 15 is 0 Å². The first-order chi connectivity index (χ1) is 11.0. The fourth-order valence-corrected chi connectivity index (χ4v) is 2.51. The number of carbonyl (C=O) groups excluding carboxylic acids is 2. The summed E-state index contributed by atoms with van der Waals surface area (Å²) >= 11 is 0. The fraction of sp³-hybridized carbons (Fsp3) is 0.312. The molecule has 7 heteroatoms. The van der Waals surface area contributed by atoms with E-state index in [2.05, 4.69) is 4.74 Å². The van der Waals surface area contributed by atoms with Crippen LogP contribution in [0, 0.1) is 0 Å². The van der Waals surface area contributed by atoms with Crippen molar-refractivity contribution in [2.24, 2.45) is 0 Å². The van der Waals surface area contributed by atoms with Gasteiger partial charge in [0.05, 0.1) is 39.6 Å². The van der Waals surface area contributed by atoms with Crippen LogP contribution in [0.1, 0.15) is 17.2 Å². The van der Waals surface area contributed by atoms with Crippen molar-refractivity contribution in [2.45, 2.75) is 6.10 Å². The van der Waals surface area contributed by atoms with E-state index in [9.17, 15) is 14.7 Å². The molecule has 1 aromatic carbocycles. The van der Waals surface area contributed by atoms with Crippen molar-refractivity contribution >= 4 is 17.5 Å². The number of hydrogen-bond acceptors (Lipinski definition) is 7. The molecule has 2 rings (SSSR count). The van der Waals surface area contributed by atoms with E-state index in [1.807, 2.05) is 0 Å². The van der Waals surface area contributed by atoms with Gasteiger partial charge in [0.15, 0.2) is 11.5 Å². The molecule has 23 heavy (non-hydrogen) atoms. The summed E-state index contributed by atoms with van der Waals surface area (Å²) in [5.74, 6) is 1.77. The first-order valence-corrected chi connectivity index (χ1v) is 6.60. The minimum atomic E-state index is -1.30. The number of ether oxygens (including phenoxy) is 4. The zero-order chi connectivity index (χ0) is 17.1. The van der Waals surface area contributed by atoms with Crippen LogP contribution >= 0.6 is 0 Å². The highest BCUT2D eigenvalue weighted by Crippen LogP contribution is 2.49. The highest BCUT2D eigenvalue weighted by atomic mass is 16.5. The van der Waals surface area contributed by atoms with Crippen molar-refractivity contribution in [3.63, 3.8) is 0 Å². The van der Waals surface area contributed by atoms with Crippen LogP contribution in [0.2, 0.25) is 0 Å². The number of benzene rings is 1. The average Bonchev–Trinajstić information content (AvgIpc) is 2.59. The van der Waals surface area contributed by atoms with E-state index in [1.165, 1.54) is 40.6 Å². The van der Waals surface area contributed by atoms with Gasteiger partial charge in [-0.15, -0.1) is 0 Å². The highest BCUT2D eigenvalue weighted by molar-refractivity contribution is 6.04. The third kappa shape index (κ3) is 2.56. The first kappa shape index (κ1) is 16.6. The van der Waals surface area contributed by atoms with Crippen molar-refractivity contribution in [2.75, 3.05) is 28.4 Å². The first-order valence-electron chi connectivity index (χ1n) is 6.60. The summed E-state index contributed by atoms with van der Waals surface area (Å²) < 4.78 is 20.4. The molecule has 0 bridgehead atoms. The van der Waals surface area contributed by atoms with Gasteiger partial charge < -0.3 is 24.1 Å². The van der Waals surface area contributed by atoms with E-state index in [1.54, 1.807) is 5.94 Å². The summed E-state index contributed by atoms with van der Waals surface area (Å²) in [6.07, 6.45) is -0.0801. The predicted molar refractivity (Wildman–Crippen MR) is 80.3 cm³/mol. The van der Waals surface area contributed by atoms with Crippen molar-refractivity contribution in [1.29, 1.82) is 0 Å². The molecule has 0 heterocycles. The van der Waals surface area contributed by atoms with Gasteiger partial charge in [-0.05, 0) is 12.1 Å². The van der Waals surface area contributed by atoms with Crippen LogP contribution in [0.25, 0.3) is 5.57 Å². The van der Waals surface area contributed by atoms with Gasteiger partial charge in [-0.1, -0.05) is 0 Å². The topological polar surface area (TPSA) is 91.3 Å². The molecular formula is C16H16O7. The Morgan fingerprint density at radius 3 is 2.26 bits per heavy atom. The lowest BCUT2D eigenvalue weighted by atomic mass is 9.85. The molecule has 1 unspecified atom stereocenters. The molecule has 0 saturated carbocycles. The van der Waals surface area contributed by atoms with Crippen LogP contribution in [0.5, 0.6) is 17.2 Å². The Morgan fingerprint density at radius 1 is 1.13 bits per heavy atom. The van der Waals surface area contributed by atoms with Gasteiger partial charge in [-0.3, -0.25) is 0 Å². The molecular weight excluding hydrogens is 304 g/mol. The minimum absolute atomic E-state index is 0.0449. The van der Waals surface area contributed by atoms with E-state index in [0.717, 1.165) is 0 Å². The quantitative estimate of drug-likeness (QED) is 0.655. The molecule has 0 aliphatic heterocycles. The largest absolute Gasteiger partial charge is 0.493 e. The lowest BCUT2D eigenvalue weighted by molar-refractivity contribution is -0.137. The Hall–Kier alpha value is -2.76. The van der Waals surface area contributed by atoms with Crippen molar-refractivity contribution in [3.8, 4) is 17.2 Å². The second kappa shape index (κ2) is 6.56. The van der Waals surface area contributed by atoms with Gasteiger partial charge >= 0.3 is 5.97 Å². The Balaban J connectivity index is 2.82. The maximum absolute atomic E-state index is 11.8. The molecule has 1 aliphatic rings. The van der Waals surface area contributed by atoms with Crippen LogP contribution in [0.15, 0.2) is 17.7 Å². The molecule has 0 radical (unpaired) electrons. The molecule has 122 valence electrons. The number of aliphatic hydroxyl groups is 1. The second-order valence-electron chi connectivity index (χ2n) is 4.62. The summed E-state index contributed by atoms with van der Waals surface area (Å²) in [7, 11) is 5.43. The summed E-state index contributed by atoms with van der Waals surface area (Å²) in [4.78, 5) is 23.1. The third-order valence-electron chi connectivity index (χ3n) is 3.55. The number of rotatable bonds is 4. The summed E-state index contributed by atoms with van der Waals surface area (Å²) in [6, 6.07) is 1.48. The van der Waals surface area contributed by atoms with Crippen LogP contribution in [0.3, 0.4) is 0 Å². The molecule has 1 aromatic rings. The van der Waals surface area contributed by atoms with Crippen LogP contribution in [-0.4, -0.2) is 45.5 Å². The molecule has 0 fully saturated rings. The maximum atomic E-state index is 11.8. The fourth-order valence-electron chi connectivity index (χ4n) is 2.51. The molecule has 0 aromatic heterocycles. The number of esters is 1. The third-order valence-corrected chi connectivity index (χ3v) is 3.55. The second-order valence-corrected chi connectivity index (χ2v) is 4.62. The lowest BCUT2D eigenvalue weighted by Gasteiger charge is -2.26. The van der Waals surface area contributed by atoms with Gasteiger partial charge in [0.1, 0.15) is 12.0 Å². The Bertz CT molecular complexity index is 726. The van der Waals surface area contributed by atoms with E-state index in [4.69, 9.17) is 14.2 Å². The average molecular weight is 320 g/mol. The zero-order valence-corrected chi connectivity index (χ0v) is 13.1. The number of aliphatic hydroxyl groups excluding tert-OH is 1. The lowest BCUT2D eigenvalue weighted by Crippen LogP contribution is -2.19. The Kier molecular flexibility index (Phi) is 4.74. The number of hydrogen-bond donors (Lipinski definition) is 1. The summed E-state index contributed by atoms with van der Waals surface area (Å²) in [5, 5.41) is 10.5. The SMILES string of the molecule is COC(=O)C1=CC(=C=O)c2c(cc(OC)c(OC)c2OC)C1O. The van der Waals surface area contributed by atoms with E-state index in [0.29, 0.717) is 11.3 Å². The molecule has 7 nitrogen and oxygen atoms in total. The van der Waals surface area contributed by atoms with Gasteiger partial charge in [0.25, 0.3) is 0 Å². The Labute approximate surface area is 132 Å². The molecule has 0 saturated heterocycles.